The van der Waals surface area contributed by atoms with E-state index in [0.29, 0.717) is 12.5 Å². The molecule has 0 saturated carbocycles. The summed E-state index contributed by atoms with van der Waals surface area (Å²) in [6, 6.07) is 20.6. The van der Waals surface area contributed by atoms with Crippen LogP contribution in [0.15, 0.2) is 70.8 Å². The van der Waals surface area contributed by atoms with Gasteiger partial charge in [-0.2, -0.15) is 0 Å². The average Bonchev–Trinajstić information content (AvgIpc) is 3.29. The van der Waals surface area contributed by atoms with Crippen molar-refractivity contribution in [1.29, 1.82) is 0 Å². The lowest BCUT2D eigenvalue weighted by Crippen LogP contribution is -2.25. The number of fused-ring (bicyclic) bond motifs is 1. The zero-order chi connectivity index (χ0) is 20.3. The highest BCUT2D eigenvalue weighted by molar-refractivity contribution is 7.16. The predicted molar refractivity (Wildman–Crippen MR) is 123 cm³/mol. The highest BCUT2D eigenvalue weighted by Crippen LogP contribution is 2.27. The Balaban J connectivity index is 1.51. The van der Waals surface area contributed by atoms with Crippen molar-refractivity contribution in [2.75, 3.05) is 13.2 Å². The van der Waals surface area contributed by atoms with Gasteiger partial charge >= 0.3 is 0 Å². The molecular formula is C25H24N2O2S. The lowest BCUT2D eigenvalue weighted by Gasteiger charge is -2.23. The maximum atomic E-state index is 13.2. The van der Waals surface area contributed by atoms with Gasteiger partial charge in [-0.1, -0.05) is 54.6 Å². The van der Waals surface area contributed by atoms with Crippen LogP contribution in [0.1, 0.15) is 19.3 Å². The Morgan fingerprint density at radius 2 is 1.63 bits per heavy atom. The van der Waals surface area contributed by atoms with Crippen LogP contribution in [-0.2, 0) is 11.3 Å². The largest absolute Gasteiger partial charge is 0.381 e. The number of ether oxygens (including phenoxy) is 1. The lowest BCUT2D eigenvalue weighted by atomic mass is 9.96. The van der Waals surface area contributed by atoms with Crippen molar-refractivity contribution in [3.63, 3.8) is 0 Å². The summed E-state index contributed by atoms with van der Waals surface area (Å²) in [5.74, 6) is 1.37. The van der Waals surface area contributed by atoms with Gasteiger partial charge in [0.15, 0.2) is 0 Å². The Labute approximate surface area is 179 Å². The second-order valence-corrected chi connectivity index (χ2v) is 8.71. The molecule has 5 rings (SSSR count). The fourth-order valence-electron chi connectivity index (χ4n) is 4.17. The van der Waals surface area contributed by atoms with Crippen LogP contribution in [0.2, 0.25) is 0 Å². The molecule has 4 aromatic rings. The number of hydrogen-bond acceptors (Lipinski definition) is 4. The zero-order valence-electron chi connectivity index (χ0n) is 16.8. The Morgan fingerprint density at radius 3 is 2.40 bits per heavy atom. The van der Waals surface area contributed by atoms with Gasteiger partial charge in [0.1, 0.15) is 10.7 Å². The highest BCUT2D eigenvalue weighted by Gasteiger charge is 2.18. The second-order valence-electron chi connectivity index (χ2n) is 7.82. The molecule has 0 atom stereocenters. The van der Waals surface area contributed by atoms with E-state index < -0.39 is 0 Å². The molecule has 1 saturated heterocycles. The number of hydrogen-bond donors (Lipinski definition) is 0. The van der Waals surface area contributed by atoms with Crippen LogP contribution in [0.25, 0.3) is 32.7 Å². The van der Waals surface area contributed by atoms with E-state index in [1.165, 1.54) is 16.9 Å². The maximum Gasteiger partial charge on any atom is 0.262 e. The van der Waals surface area contributed by atoms with Crippen LogP contribution >= 0.6 is 11.3 Å². The topological polar surface area (TPSA) is 44.1 Å². The van der Waals surface area contributed by atoms with E-state index in [9.17, 15) is 4.79 Å². The van der Waals surface area contributed by atoms with Gasteiger partial charge in [0, 0.05) is 25.3 Å². The summed E-state index contributed by atoms with van der Waals surface area (Å²) in [4.78, 5) is 18.9. The van der Waals surface area contributed by atoms with Crippen molar-refractivity contribution >= 4 is 21.6 Å². The first-order valence-corrected chi connectivity index (χ1v) is 11.4. The number of benzene rings is 2. The molecule has 0 radical (unpaired) electrons. The third kappa shape index (κ3) is 3.83. The first-order valence-electron chi connectivity index (χ1n) is 10.5. The van der Waals surface area contributed by atoms with Crippen LogP contribution in [0.3, 0.4) is 0 Å². The van der Waals surface area contributed by atoms with E-state index in [-0.39, 0.29) is 5.56 Å². The standard InChI is InChI=1S/C25H24N2O2S/c28-25-22-13-17-30-24(22)26-23(27(25)14-10-18-11-15-29-16-12-18)21-8-6-20(7-9-21)19-4-2-1-3-5-19/h1-9,13,17-18H,10-12,14-16H2. The van der Waals surface area contributed by atoms with Gasteiger partial charge in [-0.25, -0.2) is 4.98 Å². The first-order chi connectivity index (χ1) is 14.8. The van der Waals surface area contributed by atoms with Gasteiger partial charge in [-0.3, -0.25) is 9.36 Å². The van der Waals surface area contributed by atoms with Crippen molar-refractivity contribution in [1.82, 2.24) is 9.55 Å². The van der Waals surface area contributed by atoms with Crippen molar-refractivity contribution in [2.45, 2.75) is 25.8 Å². The number of thiophene rings is 1. The summed E-state index contributed by atoms with van der Waals surface area (Å²) in [6.07, 6.45) is 3.13. The number of aromatic nitrogens is 2. The van der Waals surface area contributed by atoms with Crippen molar-refractivity contribution in [3.05, 3.63) is 76.4 Å². The van der Waals surface area contributed by atoms with Crippen molar-refractivity contribution in [3.8, 4) is 22.5 Å². The predicted octanol–water partition coefficient (Wildman–Crippen LogP) is 5.61. The third-order valence-electron chi connectivity index (χ3n) is 5.94. The van der Waals surface area contributed by atoms with Crippen molar-refractivity contribution in [2.24, 2.45) is 5.92 Å². The summed E-state index contributed by atoms with van der Waals surface area (Å²) in [6.45, 7) is 2.35. The molecule has 1 aliphatic rings. The van der Waals surface area contributed by atoms with Gasteiger partial charge < -0.3 is 4.74 Å². The third-order valence-corrected chi connectivity index (χ3v) is 6.74. The highest BCUT2D eigenvalue weighted by atomic mass is 32.1. The zero-order valence-corrected chi connectivity index (χ0v) is 17.6. The fourth-order valence-corrected chi connectivity index (χ4v) is 4.92. The Kier molecular flexibility index (Phi) is 5.47. The summed E-state index contributed by atoms with van der Waals surface area (Å²) in [5, 5.41) is 2.67. The van der Waals surface area contributed by atoms with Crippen LogP contribution in [0.4, 0.5) is 0 Å². The van der Waals surface area contributed by atoms with Crippen molar-refractivity contribution < 1.29 is 4.74 Å². The molecular weight excluding hydrogens is 392 g/mol. The van der Waals surface area contributed by atoms with Gasteiger partial charge in [0.25, 0.3) is 5.56 Å². The second kappa shape index (κ2) is 8.54. The molecule has 30 heavy (non-hydrogen) atoms. The van der Waals surface area contributed by atoms with E-state index in [4.69, 9.17) is 9.72 Å². The normalized spacial score (nSPS) is 14.9. The molecule has 0 N–H and O–H groups in total. The molecule has 2 aromatic heterocycles. The quantitative estimate of drug-likeness (QED) is 0.425. The smallest absolute Gasteiger partial charge is 0.262 e. The minimum absolute atomic E-state index is 0.0652. The van der Waals surface area contributed by atoms with E-state index >= 15 is 0 Å². The average molecular weight is 417 g/mol. The molecule has 4 nitrogen and oxygen atoms in total. The maximum absolute atomic E-state index is 13.2. The molecule has 5 heteroatoms. The van der Waals surface area contributed by atoms with Crippen LogP contribution < -0.4 is 5.56 Å². The van der Waals surface area contributed by atoms with Crippen LogP contribution in [-0.4, -0.2) is 22.8 Å². The number of nitrogens with zero attached hydrogens (tertiary/aromatic N) is 2. The fraction of sp³-hybridized carbons (Fsp3) is 0.280. The number of rotatable bonds is 5. The summed E-state index contributed by atoms with van der Waals surface area (Å²) in [5.41, 5.74) is 3.39. The van der Waals surface area contributed by atoms with Gasteiger partial charge in [0.05, 0.1) is 5.39 Å². The van der Waals surface area contributed by atoms with E-state index in [0.717, 1.165) is 59.6 Å². The van der Waals surface area contributed by atoms with Crippen LogP contribution in [0.5, 0.6) is 0 Å². The Bertz CT molecular complexity index is 1190. The van der Waals surface area contributed by atoms with Gasteiger partial charge in [-0.05, 0) is 47.8 Å². The minimum Gasteiger partial charge on any atom is -0.381 e. The van der Waals surface area contributed by atoms with E-state index in [2.05, 4.69) is 36.4 Å². The molecule has 0 unspecified atom stereocenters. The SMILES string of the molecule is O=c1c2ccsc2nc(-c2ccc(-c3ccccc3)cc2)n1CCC1CCOCC1. The molecule has 0 spiro atoms. The summed E-state index contributed by atoms with van der Waals surface area (Å²) < 4.78 is 7.36. The molecule has 3 heterocycles. The molecule has 0 bridgehead atoms. The van der Waals surface area contributed by atoms with Gasteiger partial charge in [-0.15, -0.1) is 11.3 Å². The summed E-state index contributed by atoms with van der Waals surface area (Å²) in [7, 11) is 0. The molecule has 2 aromatic carbocycles. The molecule has 152 valence electrons. The monoisotopic (exact) mass is 416 g/mol. The Hall–Kier alpha value is -2.76. The minimum atomic E-state index is 0.0652. The van der Waals surface area contributed by atoms with Crippen LogP contribution in [0, 0.1) is 5.92 Å². The van der Waals surface area contributed by atoms with Gasteiger partial charge in [0.2, 0.25) is 0 Å². The first kappa shape index (κ1) is 19.2. The lowest BCUT2D eigenvalue weighted by molar-refractivity contribution is 0.0625. The van der Waals surface area contributed by atoms with E-state index in [1.807, 2.05) is 34.2 Å². The molecule has 0 amide bonds. The molecule has 1 aliphatic heterocycles. The Morgan fingerprint density at radius 1 is 0.933 bits per heavy atom. The molecule has 1 fully saturated rings. The molecule has 0 aliphatic carbocycles. The summed E-state index contributed by atoms with van der Waals surface area (Å²) >= 11 is 1.52. The van der Waals surface area contributed by atoms with E-state index in [1.54, 1.807) is 0 Å².